The number of hydrogen-bond acceptors (Lipinski definition) is 2. The zero-order valence-corrected chi connectivity index (χ0v) is 11.0. The van der Waals surface area contributed by atoms with Gasteiger partial charge in [-0.05, 0) is 18.2 Å². The van der Waals surface area contributed by atoms with Crippen molar-refractivity contribution in [3.63, 3.8) is 0 Å². The summed E-state index contributed by atoms with van der Waals surface area (Å²) in [4.78, 5) is 11.9. The number of alkyl halides is 3. The van der Waals surface area contributed by atoms with Crippen molar-refractivity contribution in [3.05, 3.63) is 46.7 Å². The van der Waals surface area contributed by atoms with Gasteiger partial charge in [-0.15, -0.1) is 0 Å². The average Bonchev–Trinajstić information content (AvgIpc) is 2.68. The molecule has 4 nitrogen and oxygen atoms in total. The fraction of sp³-hybridized carbons (Fsp3) is 0.167. The van der Waals surface area contributed by atoms with Crippen LogP contribution in [-0.2, 0) is 13.2 Å². The summed E-state index contributed by atoms with van der Waals surface area (Å²) in [6, 6.07) is 4.34. The van der Waals surface area contributed by atoms with Crippen LogP contribution in [0.4, 0.5) is 18.9 Å². The smallest absolute Gasteiger partial charge is 0.321 e. The molecule has 1 aromatic heterocycles. The molecule has 20 heavy (non-hydrogen) atoms. The van der Waals surface area contributed by atoms with Crippen LogP contribution in [0.25, 0.3) is 0 Å². The predicted octanol–water partition coefficient (Wildman–Crippen LogP) is 3.34. The van der Waals surface area contributed by atoms with Crippen LogP contribution in [0.15, 0.2) is 30.5 Å². The van der Waals surface area contributed by atoms with E-state index in [0.29, 0.717) is 0 Å². The van der Waals surface area contributed by atoms with Crippen LogP contribution in [0.1, 0.15) is 16.1 Å². The normalized spacial score (nSPS) is 11.4. The number of amides is 1. The highest BCUT2D eigenvalue weighted by atomic mass is 35.5. The van der Waals surface area contributed by atoms with Crippen molar-refractivity contribution in [2.45, 2.75) is 6.18 Å². The molecule has 8 heteroatoms. The number of anilines is 1. The molecular weight excluding hydrogens is 295 g/mol. The van der Waals surface area contributed by atoms with Gasteiger partial charge >= 0.3 is 6.18 Å². The van der Waals surface area contributed by atoms with E-state index in [2.05, 4.69) is 10.4 Å². The van der Waals surface area contributed by atoms with E-state index < -0.39 is 17.6 Å². The molecule has 106 valence electrons. The number of hydrogen-bond donors (Lipinski definition) is 1. The SMILES string of the molecule is Cn1ncc(Cl)c1C(=O)Nc1cccc(C(F)(F)F)c1. The first kappa shape index (κ1) is 14.4. The molecule has 1 amide bonds. The Morgan fingerprint density at radius 3 is 2.65 bits per heavy atom. The molecule has 0 aliphatic rings. The molecule has 0 aliphatic carbocycles. The van der Waals surface area contributed by atoms with Gasteiger partial charge in [0.1, 0.15) is 5.69 Å². The van der Waals surface area contributed by atoms with Crippen molar-refractivity contribution in [1.82, 2.24) is 9.78 Å². The standard InChI is InChI=1S/C12H9ClF3N3O/c1-19-10(9(13)6-17-19)11(20)18-8-4-2-3-7(5-8)12(14,15)16/h2-6H,1H3,(H,18,20). The second-order valence-electron chi connectivity index (χ2n) is 4.00. The molecule has 0 fully saturated rings. The minimum atomic E-state index is -4.47. The Hall–Kier alpha value is -2.02. The van der Waals surface area contributed by atoms with Crippen LogP contribution < -0.4 is 5.32 Å². The van der Waals surface area contributed by atoms with Gasteiger partial charge in [0.05, 0.1) is 16.8 Å². The summed E-state index contributed by atoms with van der Waals surface area (Å²) in [5, 5.41) is 6.26. The van der Waals surface area contributed by atoms with E-state index in [9.17, 15) is 18.0 Å². The lowest BCUT2D eigenvalue weighted by Gasteiger charge is -2.10. The van der Waals surface area contributed by atoms with Gasteiger partial charge in [0, 0.05) is 12.7 Å². The van der Waals surface area contributed by atoms with Gasteiger partial charge < -0.3 is 5.32 Å². The Kier molecular flexibility index (Phi) is 3.71. The number of carbonyl (C=O) groups is 1. The highest BCUT2D eigenvalue weighted by Crippen LogP contribution is 2.30. The van der Waals surface area contributed by atoms with Crippen LogP contribution in [0.5, 0.6) is 0 Å². The average molecular weight is 304 g/mol. The zero-order chi connectivity index (χ0) is 14.9. The lowest BCUT2D eigenvalue weighted by atomic mass is 10.2. The number of carbonyl (C=O) groups excluding carboxylic acids is 1. The molecular formula is C12H9ClF3N3O. The first-order valence-corrected chi connectivity index (χ1v) is 5.83. The highest BCUT2D eigenvalue weighted by Gasteiger charge is 2.30. The number of halogens is 4. The van der Waals surface area contributed by atoms with E-state index in [-0.39, 0.29) is 16.4 Å². The summed E-state index contributed by atoms with van der Waals surface area (Å²) >= 11 is 5.79. The lowest BCUT2D eigenvalue weighted by Crippen LogP contribution is -2.17. The summed E-state index contributed by atoms with van der Waals surface area (Å²) in [6.07, 6.45) is -3.19. The molecule has 0 aliphatic heterocycles. The van der Waals surface area contributed by atoms with Gasteiger partial charge in [-0.25, -0.2) is 0 Å². The molecule has 2 aromatic rings. The lowest BCUT2D eigenvalue weighted by molar-refractivity contribution is -0.137. The van der Waals surface area contributed by atoms with Gasteiger partial charge in [0.15, 0.2) is 0 Å². The number of benzene rings is 1. The predicted molar refractivity (Wildman–Crippen MR) is 67.6 cm³/mol. The maximum atomic E-state index is 12.6. The third kappa shape index (κ3) is 2.93. The van der Waals surface area contributed by atoms with Gasteiger partial charge in [0.2, 0.25) is 0 Å². The van der Waals surface area contributed by atoms with Crippen molar-refractivity contribution >= 4 is 23.2 Å². The molecule has 1 heterocycles. The van der Waals surface area contributed by atoms with Crippen molar-refractivity contribution in [2.75, 3.05) is 5.32 Å². The van der Waals surface area contributed by atoms with Gasteiger partial charge in [-0.1, -0.05) is 17.7 Å². The van der Waals surface area contributed by atoms with Crippen molar-refractivity contribution < 1.29 is 18.0 Å². The van der Waals surface area contributed by atoms with Gasteiger partial charge in [-0.2, -0.15) is 18.3 Å². The quantitative estimate of drug-likeness (QED) is 0.925. The Morgan fingerprint density at radius 1 is 1.40 bits per heavy atom. The molecule has 0 unspecified atom stereocenters. The van der Waals surface area contributed by atoms with Crippen molar-refractivity contribution in [3.8, 4) is 0 Å². The Balaban J connectivity index is 2.25. The highest BCUT2D eigenvalue weighted by molar-refractivity contribution is 6.34. The second-order valence-corrected chi connectivity index (χ2v) is 4.40. The Labute approximate surface area is 117 Å². The van der Waals surface area contributed by atoms with Crippen LogP contribution in [0, 0.1) is 0 Å². The summed E-state index contributed by atoms with van der Waals surface area (Å²) < 4.78 is 38.9. The second kappa shape index (κ2) is 5.16. The molecule has 0 bridgehead atoms. The number of aromatic nitrogens is 2. The van der Waals surface area contributed by atoms with Gasteiger partial charge in [0.25, 0.3) is 5.91 Å². The summed E-state index contributed by atoms with van der Waals surface area (Å²) in [7, 11) is 1.51. The van der Waals surface area contributed by atoms with E-state index in [1.807, 2.05) is 0 Å². The summed E-state index contributed by atoms with van der Waals surface area (Å²) in [5.41, 5.74) is -0.738. The monoisotopic (exact) mass is 303 g/mol. The molecule has 1 aromatic carbocycles. The Morgan fingerprint density at radius 2 is 2.10 bits per heavy atom. The van der Waals surface area contributed by atoms with Crippen LogP contribution in [0.3, 0.4) is 0 Å². The number of nitrogens with zero attached hydrogens (tertiary/aromatic N) is 2. The molecule has 0 saturated heterocycles. The van der Waals surface area contributed by atoms with E-state index >= 15 is 0 Å². The molecule has 0 radical (unpaired) electrons. The van der Waals surface area contributed by atoms with E-state index in [1.54, 1.807) is 0 Å². The molecule has 0 atom stereocenters. The number of rotatable bonds is 2. The fourth-order valence-electron chi connectivity index (χ4n) is 1.63. The van der Waals surface area contributed by atoms with Crippen LogP contribution >= 0.6 is 11.6 Å². The molecule has 0 saturated carbocycles. The molecule has 0 spiro atoms. The number of nitrogens with one attached hydrogen (secondary N) is 1. The van der Waals surface area contributed by atoms with E-state index in [4.69, 9.17) is 11.6 Å². The maximum absolute atomic E-state index is 12.6. The van der Waals surface area contributed by atoms with E-state index in [1.165, 1.54) is 30.1 Å². The zero-order valence-electron chi connectivity index (χ0n) is 10.2. The third-order valence-corrected chi connectivity index (χ3v) is 2.83. The molecule has 1 N–H and O–H groups in total. The van der Waals surface area contributed by atoms with Crippen LogP contribution in [0.2, 0.25) is 5.02 Å². The topological polar surface area (TPSA) is 46.9 Å². The van der Waals surface area contributed by atoms with Crippen LogP contribution in [-0.4, -0.2) is 15.7 Å². The Bertz CT molecular complexity index is 632. The van der Waals surface area contributed by atoms with Crippen molar-refractivity contribution in [2.24, 2.45) is 7.05 Å². The van der Waals surface area contributed by atoms with Gasteiger partial charge in [-0.3, -0.25) is 9.48 Å². The summed E-state index contributed by atoms with van der Waals surface area (Å²) in [6.45, 7) is 0. The van der Waals surface area contributed by atoms with E-state index in [0.717, 1.165) is 12.1 Å². The molecule has 2 rings (SSSR count). The largest absolute Gasteiger partial charge is 0.416 e. The van der Waals surface area contributed by atoms with Crippen molar-refractivity contribution in [1.29, 1.82) is 0 Å². The fourth-order valence-corrected chi connectivity index (χ4v) is 1.88. The minimum Gasteiger partial charge on any atom is -0.321 e. The maximum Gasteiger partial charge on any atom is 0.416 e. The first-order valence-electron chi connectivity index (χ1n) is 5.45. The minimum absolute atomic E-state index is 0.0297. The number of aryl methyl sites for hydroxylation is 1. The summed E-state index contributed by atoms with van der Waals surface area (Å²) in [5.74, 6) is -0.630. The first-order chi connectivity index (χ1) is 9.29. The third-order valence-electron chi connectivity index (χ3n) is 2.56.